The Kier molecular flexibility index (Phi) is 8.16. The van der Waals surface area contributed by atoms with Crippen LogP contribution in [-0.4, -0.2) is 118 Å². The van der Waals surface area contributed by atoms with E-state index >= 15 is 0 Å². The van der Waals surface area contributed by atoms with Crippen molar-refractivity contribution in [2.45, 2.75) is 59.0 Å². The van der Waals surface area contributed by atoms with Gasteiger partial charge in [0.15, 0.2) is 0 Å². The Labute approximate surface area is 232 Å². The van der Waals surface area contributed by atoms with Crippen molar-refractivity contribution in [2.24, 2.45) is 0 Å². The highest BCUT2D eigenvalue weighted by atomic mass is 16.2. The van der Waals surface area contributed by atoms with E-state index in [1.54, 1.807) is 0 Å². The van der Waals surface area contributed by atoms with Crippen LogP contribution in [0.2, 0.25) is 0 Å². The summed E-state index contributed by atoms with van der Waals surface area (Å²) in [5, 5.41) is 0.914. The summed E-state index contributed by atoms with van der Waals surface area (Å²) >= 11 is 0. The second-order valence-electron chi connectivity index (χ2n) is 11.8. The van der Waals surface area contributed by atoms with Crippen LogP contribution in [0.4, 0.5) is 4.79 Å². The largest absolute Gasteiger partial charge is 0.336 e. The summed E-state index contributed by atoms with van der Waals surface area (Å²) in [7, 11) is 0. The molecule has 0 spiro atoms. The van der Waals surface area contributed by atoms with Crippen LogP contribution in [0.5, 0.6) is 0 Å². The van der Waals surface area contributed by atoms with Crippen LogP contribution in [0.1, 0.15) is 73.8 Å². The van der Waals surface area contributed by atoms with Crippen molar-refractivity contribution in [3.05, 3.63) is 35.5 Å². The second kappa shape index (κ2) is 11.6. The van der Waals surface area contributed by atoms with Crippen LogP contribution in [0, 0.1) is 0 Å². The number of likely N-dealkylation sites (tertiary alicyclic amines) is 1. The molecule has 212 valence electrons. The quantitative estimate of drug-likeness (QED) is 0.597. The minimum absolute atomic E-state index is 0.0114. The fourth-order valence-electron chi connectivity index (χ4n) is 6.26. The first-order valence-electron chi connectivity index (χ1n) is 14.8. The highest BCUT2D eigenvalue weighted by molar-refractivity contribution is 6.02. The molecule has 3 aliphatic rings. The summed E-state index contributed by atoms with van der Waals surface area (Å²) in [6, 6.07) is 8.46. The number of hydrogen-bond acceptors (Lipinski definition) is 4. The van der Waals surface area contributed by atoms with E-state index in [1.165, 1.54) is 6.42 Å². The van der Waals surface area contributed by atoms with Crippen molar-refractivity contribution in [1.82, 2.24) is 29.1 Å². The summed E-state index contributed by atoms with van der Waals surface area (Å²) in [6.45, 7) is 15.7. The lowest BCUT2D eigenvalue weighted by molar-refractivity contribution is 0.0595. The number of rotatable bonds is 4. The SMILES string of the molecule is CC(C)N1CCN(C(=O)c2ccc3c(c2)cc(C(=O)N2CCN(C(=O)N4CCCCC4)CC2)n3C(C)C)CC1. The molecule has 0 atom stereocenters. The average Bonchev–Trinajstić information content (AvgIpc) is 3.36. The zero-order chi connectivity index (χ0) is 27.7. The third-order valence-corrected chi connectivity index (χ3v) is 8.62. The van der Waals surface area contributed by atoms with Gasteiger partial charge >= 0.3 is 6.03 Å². The van der Waals surface area contributed by atoms with Gasteiger partial charge in [-0.1, -0.05) is 0 Å². The first-order valence-corrected chi connectivity index (χ1v) is 14.8. The third kappa shape index (κ3) is 5.64. The second-order valence-corrected chi connectivity index (χ2v) is 11.8. The van der Waals surface area contributed by atoms with Crippen LogP contribution in [0.25, 0.3) is 10.9 Å². The number of urea groups is 1. The molecule has 3 aliphatic heterocycles. The number of benzene rings is 1. The molecule has 4 amide bonds. The Bertz CT molecular complexity index is 1200. The number of amides is 4. The monoisotopic (exact) mass is 536 g/mol. The Morgan fingerprint density at radius 3 is 1.79 bits per heavy atom. The Balaban J connectivity index is 1.29. The molecule has 39 heavy (non-hydrogen) atoms. The van der Waals surface area contributed by atoms with Crippen molar-refractivity contribution in [1.29, 1.82) is 0 Å². The minimum Gasteiger partial charge on any atom is -0.336 e. The number of fused-ring (bicyclic) bond motifs is 1. The summed E-state index contributed by atoms with van der Waals surface area (Å²) in [4.78, 5) is 50.0. The molecule has 0 N–H and O–H groups in total. The molecule has 0 aliphatic carbocycles. The summed E-state index contributed by atoms with van der Waals surface area (Å²) in [6.07, 6.45) is 3.35. The van der Waals surface area contributed by atoms with Gasteiger partial charge in [0.1, 0.15) is 5.69 Å². The van der Waals surface area contributed by atoms with Gasteiger partial charge in [-0.15, -0.1) is 0 Å². The maximum Gasteiger partial charge on any atom is 0.320 e. The molecular weight excluding hydrogens is 492 g/mol. The molecule has 0 radical (unpaired) electrons. The van der Waals surface area contributed by atoms with Crippen LogP contribution < -0.4 is 0 Å². The lowest BCUT2D eigenvalue weighted by Gasteiger charge is -2.38. The minimum atomic E-state index is -0.0114. The predicted octanol–water partition coefficient (Wildman–Crippen LogP) is 3.75. The van der Waals surface area contributed by atoms with Gasteiger partial charge in [0.2, 0.25) is 0 Å². The predicted molar refractivity (Wildman–Crippen MR) is 153 cm³/mol. The lowest BCUT2D eigenvalue weighted by Crippen LogP contribution is -2.54. The smallest absolute Gasteiger partial charge is 0.320 e. The van der Waals surface area contributed by atoms with E-state index in [0.717, 1.165) is 63.0 Å². The van der Waals surface area contributed by atoms with Gasteiger partial charge in [-0.2, -0.15) is 0 Å². The Morgan fingerprint density at radius 1 is 0.615 bits per heavy atom. The highest BCUT2D eigenvalue weighted by Crippen LogP contribution is 2.27. The van der Waals surface area contributed by atoms with Crippen LogP contribution in [0.3, 0.4) is 0 Å². The number of piperazine rings is 2. The van der Waals surface area contributed by atoms with E-state index in [4.69, 9.17) is 0 Å². The van der Waals surface area contributed by atoms with Crippen molar-refractivity contribution >= 4 is 28.7 Å². The molecule has 9 heteroatoms. The van der Waals surface area contributed by atoms with Crippen molar-refractivity contribution in [3.8, 4) is 0 Å². The first kappa shape index (κ1) is 27.5. The van der Waals surface area contributed by atoms with E-state index in [9.17, 15) is 14.4 Å². The fraction of sp³-hybridized carbons (Fsp3) is 0.633. The molecular formula is C30H44N6O3. The van der Waals surface area contributed by atoms with Crippen molar-refractivity contribution in [2.75, 3.05) is 65.4 Å². The molecule has 0 unspecified atom stereocenters. The van der Waals surface area contributed by atoms with E-state index < -0.39 is 0 Å². The average molecular weight is 537 g/mol. The standard InChI is InChI=1S/C30H44N6O3/c1-22(2)31-12-14-32(15-13-31)28(37)24-8-9-26-25(20-24)21-27(36(26)23(3)4)29(38)33-16-18-35(19-17-33)30(39)34-10-6-5-7-11-34/h8-9,20-23H,5-7,10-19H2,1-4H3. The molecule has 3 saturated heterocycles. The number of piperidine rings is 1. The molecule has 9 nitrogen and oxygen atoms in total. The van der Waals surface area contributed by atoms with Gasteiger partial charge in [0.25, 0.3) is 11.8 Å². The number of carbonyl (C=O) groups is 3. The molecule has 1 aromatic carbocycles. The van der Waals surface area contributed by atoms with Gasteiger partial charge in [-0.05, 0) is 71.2 Å². The maximum absolute atomic E-state index is 13.7. The van der Waals surface area contributed by atoms with Gasteiger partial charge in [0.05, 0.1) is 0 Å². The molecule has 5 rings (SSSR count). The number of carbonyl (C=O) groups excluding carboxylic acids is 3. The summed E-state index contributed by atoms with van der Waals surface area (Å²) < 4.78 is 2.08. The fourth-order valence-corrected chi connectivity index (χ4v) is 6.26. The number of hydrogen-bond donors (Lipinski definition) is 0. The van der Waals surface area contributed by atoms with Crippen molar-refractivity contribution < 1.29 is 14.4 Å². The molecule has 0 bridgehead atoms. The van der Waals surface area contributed by atoms with Crippen LogP contribution >= 0.6 is 0 Å². The van der Waals surface area contributed by atoms with E-state index in [2.05, 4.69) is 37.2 Å². The normalized spacial score (nSPS) is 19.4. The van der Waals surface area contributed by atoms with E-state index in [-0.39, 0.29) is 23.9 Å². The lowest BCUT2D eigenvalue weighted by atomic mass is 10.1. The van der Waals surface area contributed by atoms with Gasteiger partial charge in [-0.25, -0.2) is 4.79 Å². The number of aromatic nitrogens is 1. The van der Waals surface area contributed by atoms with E-state index in [0.29, 0.717) is 43.5 Å². The molecule has 0 saturated carbocycles. The summed E-state index contributed by atoms with van der Waals surface area (Å²) in [5.41, 5.74) is 2.28. The van der Waals surface area contributed by atoms with Crippen LogP contribution in [-0.2, 0) is 0 Å². The van der Waals surface area contributed by atoms with Gasteiger partial charge in [0, 0.05) is 94.0 Å². The van der Waals surface area contributed by atoms with E-state index in [1.807, 2.05) is 43.9 Å². The van der Waals surface area contributed by atoms with Gasteiger partial charge < -0.3 is 24.2 Å². The zero-order valence-electron chi connectivity index (χ0n) is 24.1. The molecule has 2 aromatic rings. The first-order chi connectivity index (χ1) is 18.7. The zero-order valence-corrected chi connectivity index (χ0v) is 24.1. The summed E-state index contributed by atoms with van der Waals surface area (Å²) in [5.74, 6) is 0.0441. The highest BCUT2D eigenvalue weighted by Gasteiger charge is 2.30. The van der Waals surface area contributed by atoms with Crippen LogP contribution in [0.15, 0.2) is 24.3 Å². The van der Waals surface area contributed by atoms with Gasteiger partial charge in [-0.3, -0.25) is 14.5 Å². The Hall–Kier alpha value is -3.07. The topological polar surface area (TPSA) is 72.3 Å². The number of nitrogens with zero attached hydrogens (tertiary/aromatic N) is 6. The maximum atomic E-state index is 13.7. The van der Waals surface area contributed by atoms with Crippen molar-refractivity contribution in [3.63, 3.8) is 0 Å². The molecule has 1 aromatic heterocycles. The Morgan fingerprint density at radius 2 is 1.18 bits per heavy atom. The molecule has 3 fully saturated rings. The third-order valence-electron chi connectivity index (χ3n) is 8.62. The molecule has 4 heterocycles.